The van der Waals surface area contributed by atoms with Gasteiger partial charge in [0.15, 0.2) is 0 Å². The Morgan fingerprint density at radius 1 is 0.244 bits per heavy atom. The fraction of sp³-hybridized carbons (Fsp3) is 0.256. The van der Waals surface area contributed by atoms with Crippen molar-refractivity contribution in [2.24, 2.45) is 0 Å². The highest BCUT2D eigenvalue weighted by molar-refractivity contribution is 6.27. The van der Waals surface area contributed by atoms with Crippen LogP contribution in [0.4, 0.5) is 0 Å². The molecule has 86 heavy (non-hydrogen) atoms. The average molecular weight is 1120 g/mol. The van der Waals surface area contributed by atoms with Gasteiger partial charge in [-0.15, -0.1) is 0 Å². The molecule has 0 atom stereocenters. The second-order valence-corrected chi connectivity index (χ2v) is 26.2. The first-order valence-corrected chi connectivity index (χ1v) is 30.2. The van der Waals surface area contributed by atoms with Gasteiger partial charge in [0.1, 0.15) is 0 Å². The van der Waals surface area contributed by atoms with E-state index in [1.54, 1.807) is 0 Å². The molecule has 0 aliphatic heterocycles. The van der Waals surface area contributed by atoms with Gasteiger partial charge in [-0.3, -0.25) is 0 Å². The highest BCUT2D eigenvalue weighted by Crippen LogP contribution is 2.45. The van der Waals surface area contributed by atoms with E-state index in [-0.39, 0.29) is 25.7 Å². The molecule has 0 fully saturated rings. The molecule has 0 radical (unpaired) electrons. The first-order chi connectivity index (χ1) is 40.2. The lowest BCUT2D eigenvalue weighted by atomic mass is 9.82. The molecule has 0 heterocycles. The summed E-state index contributed by atoms with van der Waals surface area (Å²) < 4.78 is 0. The van der Waals surface area contributed by atoms with Crippen molar-refractivity contribution < 1.29 is 0 Å². The van der Waals surface area contributed by atoms with Crippen molar-refractivity contribution in [3.05, 3.63) is 260 Å². The van der Waals surface area contributed by atoms with Crippen LogP contribution in [-0.4, -0.2) is 0 Å². The van der Waals surface area contributed by atoms with Gasteiger partial charge in [0.25, 0.3) is 0 Å². The van der Waals surface area contributed by atoms with Crippen molar-refractivity contribution in [2.75, 3.05) is 0 Å². The van der Waals surface area contributed by atoms with Crippen LogP contribution in [-0.2, 0) is 10.8 Å². The maximum Gasteiger partial charge on any atom is 0.0330 e. The predicted molar refractivity (Wildman–Crippen MR) is 377 cm³/mol. The van der Waals surface area contributed by atoms with E-state index in [1.807, 2.05) is 36.4 Å². The third-order valence-electron chi connectivity index (χ3n) is 16.8. The maximum atomic E-state index is 3.60. The molecule has 0 amide bonds. The minimum Gasteiger partial charge on any atom is -0.0776 e. The Kier molecular flexibility index (Phi) is 17.8. The summed E-state index contributed by atoms with van der Waals surface area (Å²) in [5, 5.41) is 15.4. The van der Waals surface area contributed by atoms with E-state index in [0.717, 1.165) is 44.5 Å². The monoisotopic (exact) mass is 1120 g/mol. The van der Waals surface area contributed by atoms with Crippen molar-refractivity contribution in [3.8, 4) is 47.4 Å². The minimum atomic E-state index is 0. The Labute approximate surface area is 515 Å². The normalized spacial score (nSPS) is 11.5. The zero-order valence-corrected chi connectivity index (χ0v) is 51.6. The van der Waals surface area contributed by atoms with E-state index in [0.29, 0.717) is 23.7 Å². The van der Waals surface area contributed by atoms with Gasteiger partial charge >= 0.3 is 0 Å². The lowest BCUT2D eigenvalue weighted by Gasteiger charge is -2.21. The minimum absolute atomic E-state index is 0. The van der Waals surface area contributed by atoms with Crippen molar-refractivity contribution in [2.45, 2.75) is 146 Å². The molecule has 428 valence electrons. The highest BCUT2D eigenvalue weighted by Gasteiger charge is 2.22. The summed E-state index contributed by atoms with van der Waals surface area (Å²) in [6.45, 7) is 31.7. The molecule has 0 bridgehead atoms. The van der Waals surface area contributed by atoms with Crippen LogP contribution in [0, 0.1) is 47.4 Å². The molecule has 0 N–H and O–H groups in total. The molecule has 0 aromatic heterocycles. The van der Waals surface area contributed by atoms with Gasteiger partial charge in [-0.2, -0.15) is 0 Å². The van der Waals surface area contributed by atoms with E-state index < -0.39 is 0 Å². The van der Waals surface area contributed by atoms with Crippen LogP contribution in [0.1, 0.15) is 213 Å². The Hall–Kier alpha value is -9.04. The average Bonchev–Trinajstić information content (AvgIpc) is 0.737. The standard InChI is InChI=1S/C46H46.C38H30.2CH4/c1-29(2)41-27-33(17-11-31-13-19-35(20-14-31)45(5,6)7)37-23-24-38-34(18-12-32-15-21-36(22-16-32)46(8,9)10)28-42(30(3)4)40-26-25-39(41)43(37)44(38)40;1-25(2)35-23-29(17-15-27-11-7-5-8-12-27)31-19-20-32-30(18-16-28-13-9-6-10-14-28)24-36(26(3)4)34-22-21-33(35)37(31)38(32)34;;/h13-16,19-30H,1-10H3;5-14,19-26H,1-4H3;2*1H4. The number of rotatable bonds is 4. The molecular formula is C86H84. The SMILES string of the molecule is C.C.CC(C)c1cc(C#Cc2ccc(C(C)(C)C)cc2)c2ccc3c(C#Cc4ccc(C(C)(C)C)cc4)cc(C(C)C)c4ccc1c2c34.CC(C)c1cc(C#Cc2ccccc2)c2ccc3c(C#Cc4ccccc4)cc(C(C)C)c4ccc1c2c34. The molecule has 0 spiro atoms. The molecule has 0 saturated heterocycles. The summed E-state index contributed by atoms with van der Waals surface area (Å²) in [5.41, 5.74) is 16.8. The molecule has 12 aromatic rings. The number of benzene rings is 12. The molecule has 12 aromatic carbocycles. The quantitative estimate of drug-likeness (QED) is 0.122. The molecular weight excluding hydrogens is 1030 g/mol. The summed E-state index contributed by atoms with van der Waals surface area (Å²) in [6.07, 6.45) is 0. The van der Waals surface area contributed by atoms with Crippen LogP contribution < -0.4 is 0 Å². The number of hydrogen-bond donors (Lipinski definition) is 0. The third kappa shape index (κ3) is 12.2. The van der Waals surface area contributed by atoms with E-state index in [2.05, 4.69) is 290 Å². The second-order valence-electron chi connectivity index (χ2n) is 26.2. The number of hydrogen-bond acceptors (Lipinski definition) is 0. The van der Waals surface area contributed by atoms with Crippen LogP contribution in [0.2, 0.25) is 0 Å². The van der Waals surface area contributed by atoms with Gasteiger partial charge in [0.05, 0.1) is 0 Å². The smallest absolute Gasteiger partial charge is 0.0330 e. The zero-order chi connectivity index (χ0) is 59.2. The van der Waals surface area contributed by atoms with Gasteiger partial charge in [0.2, 0.25) is 0 Å². The van der Waals surface area contributed by atoms with Crippen molar-refractivity contribution >= 4 is 64.6 Å². The first kappa shape index (κ1) is 61.5. The Morgan fingerprint density at radius 3 is 0.663 bits per heavy atom. The lowest BCUT2D eigenvalue weighted by molar-refractivity contribution is 0.590. The fourth-order valence-electron chi connectivity index (χ4n) is 12.1. The Balaban J connectivity index is 0.000000204. The van der Waals surface area contributed by atoms with E-state index in [1.165, 1.54) is 98.0 Å². The van der Waals surface area contributed by atoms with E-state index >= 15 is 0 Å². The van der Waals surface area contributed by atoms with Crippen molar-refractivity contribution in [1.29, 1.82) is 0 Å². The molecule has 0 nitrogen and oxygen atoms in total. The summed E-state index contributed by atoms with van der Waals surface area (Å²) in [7, 11) is 0. The first-order valence-electron chi connectivity index (χ1n) is 30.2. The summed E-state index contributed by atoms with van der Waals surface area (Å²) in [5.74, 6) is 29.6. The molecule has 0 saturated carbocycles. The van der Waals surface area contributed by atoms with Crippen LogP contribution in [0.5, 0.6) is 0 Å². The van der Waals surface area contributed by atoms with Crippen LogP contribution in [0.25, 0.3) is 64.6 Å². The fourth-order valence-corrected chi connectivity index (χ4v) is 12.1. The Bertz CT molecular complexity index is 4390. The molecule has 0 unspecified atom stereocenters. The maximum absolute atomic E-state index is 3.60. The van der Waals surface area contributed by atoms with Gasteiger partial charge in [-0.25, -0.2) is 0 Å². The highest BCUT2D eigenvalue weighted by atomic mass is 14.3. The molecule has 0 heteroatoms. The lowest BCUT2D eigenvalue weighted by Crippen LogP contribution is -2.10. The van der Waals surface area contributed by atoms with Gasteiger partial charge < -0.3 is 0 Å². The van der Waals surface area contributed by atoms with Crippen LogP contribution >= 0.6 is 0 Å². The second kappa shape index (κ2) is 24.9. The van der Waals surface area contributed by atoms with Crippen molar-refractivity contribution in [1.82, 2.24) is 0 Å². The van der Waals surface area contributed by atoms with Gasteiger partial charge in [-0.1, -0.05) is 268 Å². The largest absolute Gasteiger partial charge is 0.0776 e. The van der Waals surface area contributed by atoms with Gasteiger partial charge in [0, 0.05) is 44.5 Å². The molecule has 0 aliphatic carbocycles. The van der Waals surface area contributed by atoms with E-state index in [4.69, 9.17) is 0 Å². The van der Waals surface area contributed by atoms with Crippen LogP contribution in [0.3, 0.4) is 0 Å². The summed E-state index contributed by atoms with van der Waals surface area (Å²) in [6, 6.07) is 65.6. The summed E-state index contributed by atoms with van der Waals surface area (Å²) >= 11 is 0. The summed E-state index contributed by atoms with van der Waals surface area (Å²) in [4.78, 5) is 0. The van der Waals surface area contributed by atoms with Crippen LogP contribution in [0.15, 0.2) is 182 Å². The zero-order valence-electron chi connectivity index (χ0n) is 51.6. The topological polar surface area (TPSA) is 0 Å². The van der Waals surface area contributed by atoms with E-state index in [9.17, 15) is 0 Å². The third-order valence-corrected chi connectivity index (χ3v) is 16.8. The van der Waals surface area contributed by atoms with Gasteiger partial charge in [-0.05, 0) is 205 Å². The molecule has 0 aliphatic rings. The molecule has 12 rings (SSSR count). The predicted octanol–water partition coefficient (Wildman–Crippen LogP) is 23.1. The van der Waals surface area contributed by atoms with Crippen molar-refractivity contribution in [3.63, 3.8) is 0 Å². The Morgan fingerprint density at radius 2 is 0.453 bits per heavy atom.